The molecule has 0 amide bonds. The molecule has 96 valence electrons. The SMILES string of the molecule is CNCCCc1cnn(-c2ccccc2OC)c1. The average molecular weight is 245 g/mol. The zero-order valence-corrected chi connectivity index (χ0v) is 10.9. The Morgan fingerprint density at radius 2 is 2.17 bits per heavy atom. The third kappa shape index (κ3) is 2.90. The largest absolute Gasteiger partial charge is 0.494 e. The minimum Gasteiger partial charge on any atom is -0.494 e. The first-order valence-electron chi connectivity index (χ1n) is 6.16. The Hall–Kier alpha value is -1.81. The number of hydrogen-bond donors (Lipinski definition) is 1. The first-order chi connectivity index (χ1) is 8.85. The van der Waals surface area contributed by atoms with Gasteiger partial charge in [0.1, 0.15) is 11.4 Å². The van der Waals surface area contributed by atoms with E-state index < -0.39 is 0 Å². The van der Waals surface area contributed by atoms with Gasteiger partial charge in [-0.3, -0.25) is 0 Å². The maximum atomic E-state index is 5.34. The molecule has 1 N–H and O–H groups in total. The number of rotatable bonds is 6. The lowest BCUT2D eigenvalue weighted by Gasteiger charge is -2.07. The zero-order valence-electron chi connectivity index (χ0n) is 10.9. The van der Waals surface area contributed by atoms with Gasteiger partial charge in [-0.2, -0.15) is 5.10 Å². The number of benzene rings is 1. The van der Waals surface area contributed by atoms with Gasteiger partial charge in [-0.25, -0.2) is 4.68 Å². The second-order valence-electron chi connectivity index (χ2n) is 4.17. The third-order valence-corrected chi connectivity index (χ3v) is 2.86. The minimum absolute atomic E-state index is 0.836. The van der Waals surface area contributed by atoms with Crippen LogP contribution in [0.4, 0.5) is 0 Å². The van der Waals surface area contributed by atoms with E-state index in [1.54, 1.807) is 7.11 Å². The molecule has 0 fully saturated rings. The van der Waals surface area contributed by atoms with Crippen LogP contribution >= 0.6 is 0 Å². The van der Waals surface area contributed by atoms with E-state index in [1.807, 2.05) is 42.2 Å². The van der Waals surface area contributed by atoms with Gasteiger partial charge in [0.15, 0.2) is 0 Å². The topological polar surface area (TPSA) is 39.1 Å². The van der Waals surface area contributed by atoms with E-state index in [2.05, 4.69) is 16.6 Å². The predicted octanol–water partition coefficient (Wildman–Crippen LogP) is 2.03. The van der Waals surface area contributed by atoms with Crippen molar-refractivity contribution in [3.63, 3.8) is 0 Å². The van der Waals surface area contributed by atoms with Crippen LogP contribution in [0.3, 0.4) is 0 Å². The number of hydrogen-bond acceptors (Lipinski definition) is 3. The van der Waals surface area contributed by atoms with E-state index in [-0.39, 0.29) is 0 Å². The summed E-state index contributed by atoms with van der Waals surface area (Å²) in [5.74, 6) is 0.836. The number of nitrogens with one attached hydrogen (secondary N) is 1. The molecule has 4 nitrogen and oxygen atoms in total. The summed E-state index contributed by atoms with van der Waals surface area (Å²) in [4.78, 5) is 0. The fourth-order valence-corrected chi connectivity index (χ4v) is 1.91. The van der Waals surface area contributed by atoms with Crippen LogP contribution in [-0.2, 0) is 6.42 Å². The molecule has 0 aliphatic heterocycles. The number of aryl methyl sites for hydroxylation is 1. The van der Waals surface area contributed by atoms with Crippen LogP contribution in [-0.4, -0.2) is 30.5 Å². The molecule has 0 saturated heterocycles. The summed E-state index contributed by atoms with van der Waals surface area (Å²) < 4.78 is 7.21. The van der Waals surface area contributed by atoms with Crippen molar-refractivity contribution < 1.29 is 4.74 Å². The van der Waals surface area contributed by atoms with Gasteiger partial charge in [0, 0.05) is 6.20 Å². The Kier molecular flexibility index (Phi) is 4.36. The van der Waals surface area contributed by atoms with Gasteiger partial charge < -0.3 is 10.1 Å². The number of ether oxygens (including phenoxy) is 1. The molecule has 1 aromatic carbocycles. The second kappa shape index (κ2) is 6.21. The molecule has 2 aromatic rings. The molecule has 0 saturated carbocycles. The first-order valence-corrected chi connectivity index (χ1v) is 6.16. The van der Waals surface area contributed by atoms with Gasteiger partial charge in [-0.15, -0.1) is 0 Å². The minimum atomic E-state index is 0.836. The molecule has 4 heteroatoms. The lowest BCUT2D eigenvalue weighted by atomic mass is 10.2. The highest BCUT2D eigenvalue weighted by molar-refractivity contribution is 5.46. The van der Waals surface area contributed by atoms with Crippen LogP contribution in [0.5, 0.6) is 5.75 Å². The van der Waals surface area contributed by atoms with Crippen molar-refractivity contribution in [1.82, 2.24) is 15.1 Å². The molecule has 0 radical (unpaired) electrons. The summed E-state index contributed by atoms with van der Waals surface area (Å²) in [5, 5.41) is 7.54. The zero-order chi connectivity index (χ0) is 12.8. The van der Waals surface area contributed by atoms with Gasteiger partial charge in [0.05, 0.1) is 13.3 Å². The molecule has 1 aromatic heterocycles. The molecule has 18 heavy (non-hydrogen) atoms. The van der Waals surface area contributed by atoms with Crippen LogP contribution in [0.2, 0.25) is 0 Å². The second-order valence-corrected chi connectivity index (χ2v) is 4.17. The van der Waals surface area contributed by atoms with E-state index in [0.29, 0.717) is 0 Å². The normalized spacial score (nSPS) is 10.6. The van der Waals surface area contributed by atoms with E-state index in [0.717, 1.165) is 30.8 Å². The van der Waals surface area contributed by atoms with Gasteiger partial charge in [0.25, 0.3) is 0 Å². The van der Waals surface area contributed by atoms with Gasteiger partial charge >= 0.3 is 0 Å². The molecule has 0 atom stereocenters. The Balaban J connectivity index is 2.13. The third-order valence-electron chi connectivity index (χ3n) is 2.86. The van der Waals surface area contributed by atoms with Crippen LogP contribution in [0.25, 0.3) is 5.69 Å². The number of methoxy groups -OCH3 is 1. The standard InChI is InChI=1S/C14H19N3O/c1-15-9-5-6-12-10-16-17(11-12)13-7-3-4-8-14(13)18-2/h3-4,7-8,10-11,15H,5-6,9H2,1-2H3. The monoisotopic (exact) mass is 245 g/mol. The number of nitrogens with zero attached hydrogens (tertiary/aromatic N) is 2. The maximum absolute atomic E-state index is 5.34. The van der Waals surface area contributed by atoms with Gasteiger partial charge in [-0.05, 0) is 44.1 Å². The van der Waals surface area contributed by atoms with Gasteiger partial charge in [-0.1, -0.05) is 12.1 Å². The van der Waals surface area contributed by atoms with Crippen LogP contribution in [0.15, 0.2) is 36.7 Å². The smallest absolute Gasteiger partial charge is 0.144 e. The Bertz CT molecular complexity index is 493. The summed E-state index contributed by atoms with van der Waals surface area (Å²) in [6.45, 7) is 1.03. The molecule has 0 unspecified atom stereocenters. The van der Waals surface area contributed by atoms with Crippen molar-refractivity contribution in [2.75, 3.05) is 20.7 Å². The van der Waals surface area contributed by atoms with Crippen molar-refractivity contribution in [3.8, 4) is 11.4 Å². The summed E-state index contributed by atoms with van der Waals surface area (Å²) in [6, 6.07) is 7.89. The molecular weight excluding hydrogens is 226 g/mol. The van der Waals surface area contributed by atoms with E-state index in [1.165, 1.54) is 5.56 Å². The highest BCUT2D eigenvalue weighted by Crippen LogP contribution is 2.21. The van der Waals surface area contributed by atoms with Crippen molar-refractivity contribution in [2.45, 2.75) is 12.8 Å². The van der Waals surface area contributed by atoms with E-state index in [9.17, 15) is 0 Å². The highest BCUT2D eigenvalue weighted by atomic mass is 16.5. The lowest BCUT2D eigenvalue weighted by Crippen LogP contribution is -2.08. The number of aromatic nitrogens is 2. The summed E-state index contributed by atoms with van der Waals surface area (Å²) in [5.41, 5.74) is 2.22. The molecule has 0 spiro atoms. The predicted molar refractivity (Wildman–Crippen MR) is 72.4 cm³/mol. The van der Waals surface area contributed by atoms with Crippen LogP contribution < -0.4 is 10.1 Å². The average Bonchev–Trinajstić information content (AvgIpc) is 2.88. The van der Waals surface area contributed by atoms with E-state index in [4.69, 9.17) is 4.74 Å². The Morgan fingerprint density at radius 1 is 1.33 bits per heavy atom. The quantitative estimate of drug-likeness (QED) is 0.791. The van der Waals surface area contributed by atoms with Crippen molar-refractivity contribution in [3.05, 3.63) is 42.2 Å². The first kappa shape index (κ1) is 12.6. The van der Waals surface area contributed by atoms with E-state index >= 15 is 0 Å². The summed E-state index contributed by atoms with van der Waals surface area (Å²) >= 11 is 0. The maximum Gasteiger partial charge on any atom is 0.144 e. The molecule has 1 heterocycles. The van der Waals surface area contributed by atoms with Crippen molar-refractivity contribution >= 4 is 0 Å². The Morgan fingerprint density at radius 3 is 2.94 bits per heavy atom. The van der Waals surface area contributed by atoms with Crippen molar-refractivity contribution in [2.24, 2.45) is 0 Å². The fraction of sp³-hybridized carbons (Fsp3) is 0.357. The van der Waals surface area contributed by atoms with Crippen LogP contribution in [0, 0.1) is 0 Å². The fourth-order valence-electron chi connectivity index (χ4n) is 1.91. The molecule has 0 bridgehead atoms. The molecule has 2 rings (SSSR count). The molecular formula is C14H19N3O. The molecule has 0 aliphatic rings. The lowest BCUT2D eigenvalue weighted by molar-refractivity contribution is 0.411. The molecule has 0 aliphatic carbocycles. The van der Waals surface area contributed by atoms with Crippen LogP contribution in [0.1, 0.15) is 12.0 Å². The summed E-state index contributed by atoms with van der Waals surface area (Å²) in [6.07, 6.45) is 6.14. The summed E-state index contributed by atoms with van der Waals surface area (Å²) in [7, 11) is 3.65. The van der Waals surface area contributed by atoms with Crippen molar-refractivity contribution in [1.29, 1.82) is 0 Å². The number of para-hydroxylation sites is 2. The van der Waals surface area contributed by atoms with Gasteiger partial charge in [0.2, 0.25) is 0 Å². The Labute approximate surface area is 108 Å². The highest BCUT2D eigenvalue weighted by Gasteiger charge is 2.05.